The van der Waals surface area contributed by atoms with Crippen LogP contribution >= 0.6 is 22.9 Å². The van der Waals surface area contributed by atoms with Gasteiger partial charge in [0.15, 0.2) is 0 Å². The smallest absolute Gasteiger partial charge is 0.275 e. The van der Waals surface area contributed by atoms with Crippen LogP contribution in [0.15, 0.2) is 53.9 Å². The van der Waals surface area contributed by atoms with Crippen molar-refractivity contribution in [3.05, 3.63) is 69.6 Å². The number of para-hydroxylation sites is 1. The Morgan fingerprint density at radius 3 is 2.60 bits per heavy atom. The van der Waals surface area contributed by atoms with Gasteiger partial charge in [-0.1, -0.05) is 75.0 Å². The molecular weight excluding hydrogens is 474 g/mol. The molecule has 4 nitrogen and oxygen atoms in total. The van der Waals surface area contributed by atoms with Gasteiger partial charge in [0.1, 0.15) is 5.69 Å². The van der Waals surface area contributed by atoms with Gasteiger partial charge >= 0.3 is 0 Å². The standard InChI is InChI=1S/C29H36ClN3OS/c1-3-5-8-21(4-2)19-33-17-15-23(16-18-33)29-32-27(20-35-29)28(34)31-26-10-7-6-9-25(26)22-11-13-24(30)14-12-22/h6-7,9-14,20-21,23H,3-5,8,15-19H2,1-2H3,(H,31,34). The molecular formula is C29H36ClN3OS. The van der Waals surface area contributed by atoms with Crippen LogP contribution in [0.1, 0.15) is 73.8 Å². The summed E-state index contributed by atoms with van der Waals surface area (Å²) in [4.78, 5) is 20.4. The van der Waals surface area contributed by atoms with E-state index in [-0.39, 0.29) is 5.91 Å². The minimum Gasteiger partial charge on any atom is -0.320 e. The summed E-state index contributed by atoms with van der Waals surface area (Å²) in [6.07, 6.45) is 7.48. The first kappa shape index (κ1) is 25.9. The van der Waals surface area contributed by atoms with E-state index >= 15 is 0 Å². The second-order valence-electron chi connectivity index (χ2n) is 9.57. The van der Waals surface area contributed by atoms with Gasteiger partial charge in [-0.15, -0.1) is 11.3 Å². The van der Waals surface area contributed by atoms with E-state index in [4.69, 9.17) is 16.6 Å². The monoisotopic (exact) mass is 509 g/mol. The highest BCUT2D eigenvalue weighted by Gasteiger charge is 2.25. The van der Waals surface area contributed by atoms with Crippen LogP contribution in [0.4, 0.5) is 5.69 Å². The molecule has 1 N–H and O–H groups in total. The van der Waals surface area contributed by atoms with Gasteiger partial charge in [-0.3, -0.25) is 4.79 Å². The molecule has 0 radical (unpaired) electrons. The van der Waals surface area contributed by atoms with Crippen LogP contribution in [0.3, 0.4) is 0 Å². The number of piperidine rings is 1. The van der Waals surface area contributed by atoms with Crippen LogP contribution in [0.25, 0.3) is 11.1 Å². The maximum absolute atomic E-state index is 13.0. The summed E-state index contributed by atoms with van der Waals surface area (Å²) in [7, 11) is 0. The zero-order valence-corrected chi connectivity index (χ0v) is 22.4. The summed E-state index contributed by atoms with van der Waals surface area (Å²) in [6.45, 7) is 8.08. The Morgan fingerprint density at radius 2 is 1.89 bits per heavy atom. The Balaban J connectivity index is 1.35. The van der Waals surface area contributed by atoms with Gasteiger partial charge < -0.3 is 10.2 Å². The molecule has 35 heavy (non-hydrogen) atoms. The molecule has 0 bridgehead atoms. The number of likely N-dealkylation sites (tertiary alicyclic amines) is 1. The first-order valence-corrected chi connectivity index (χ1v) is 14.2. The molecule has 0 aliphatic carbocycles. The lowest BCUT2D eigenvalue weighted by atomic mass is 9.94. The molecule has 1 aliphatic heterocycles. The maximum atomic E-state index is 13.0. The lowest BCUT2D eigenvalue weighted by Crippen LogP contribution is -2.36. The summed E-state index contributed by atoms with van der Waals surface area (Å²) < 4.78 is 0. The first-order chi connectivity index (χ1) is 17.1. The molecule has 4 rings (SSSR count). The van der Waals surface area contributed by atoms with Crippen molar-refractivity contribution in [2.45, 2.75) is 58.3 Å². The quantitative estimate of drug-likeness (QED) is 0.300. The minimum absolute atomic E-state index is 0.159. The summed E-state index contributed by atoms with van der Waals surface area (Å²) in [5.41, 5.74) is 3.25. The normalized spacial score (nSPS) is 15.7. The fourth-order valence-electron chi connectivity index (χ4n) is 4.88. The number of halogens is 1. The van der Waals surface area contributed by atoms with E-state index in [1.54, 1.807) is 11.3 Å². The summed E-state index contributed by atoms with van der Waals surface area (Å²) in [5, 5.41) is 6.76. The third-order valence-corrected chi connectivity index (χ3v) is 8.34. The molecule has 2 aromatic carbocycles. The van der Waals surface area contributed by atoms with Gasteiger partial charge in [0.25, 0.3) is 5.91 Å². The number of hydrogen-bond acceptors (Lipinski definition) is 4. The highest BCUT2D eigenvalue weighted by Crippen LogP contribution is 2.32. The van der Waals surface area contributed by atoms with Crippen LogP contribution in [0.5, 0.6) is 0 Å². The van der Waals surface area contributed by atoms with E-state index < -0.39 is 0 Å². The number of hydrogen-bond donors (Lipinski definition) is 1. The van der Waals surface area contributed by atoms with Crippen molar-refractivity contribution in [1.82, 2.24) is 9.88 Å². The number of amides is 1. The average molecular weight is 510 g/mol. The average Bonchev–Trinajstić information content (AvgIpc) is 3.38. The Hall–Kier alpha value is -2.21. The zero-order valence-electron chi connectivity index (χ0n) is 20.8. The number of carbonyl (C=O) groups is 1. The molecule has 2 heterocycles. The lowest BCUT2D eigenvalue weighted by Gasteiger charge is -2.33. The van der Waals surface area contributed by atoms with Crippen LogP contribution < -0.4 is 5.32 Å². The van der Waals surface area contributed by atoms with Gasteiger partial charge in [0.2, 0.25) is 0 Å². The molecule has 186 valence electrons. The van der Waals surface area contributed by atoms with Crippen LogP contribution in [-0.4, -0.2) is 35.4 Å². The first-order valence-electron chi connectivity index (χ1n) is 12.9. The largest absolute Gasteiger partial charge is 0.320 e. The number of aromatic nitrogens is 1. The fraction of sp³-hybridized carbons (Fsp3) is 0.448. The summed E-state index contributed by atoms with van der Waals surface area (Å²) in [6, 6.07) is 15.5. The predicted octanol–water partition coefficient (Wildman–Crippen LogP) is 8.11. The lowest BCUT2D eigenvalue weighted by molar-refractivity contribution is 0.102. The number of unbranched alkanes of at least 4 members (excludes halogenated alkanes) is 1. The minimum atomic E-state index is -0.159. The predicted molar refractivity (Wildman–Crippen MR) is 149 cm³/mol. The van der Waals surface area contributed by atoms with Gasteiger partial charge in [0.05, 0.1) is 5.01 Å². The van der Waals surface area contributed by atoms with Crippen LogP contribution in [0, 0.1) is 5.92 Å². The molecule has 1 amide bonds. The number of benzene rings is 2. The second kappa shape index (κ2) is 12.7. The van der Waals surface area contributed by atoms with E-state index in [1.165, 1.54) is 32.2 Å². The third kappa shape index (κ3) is 6.93. The number of anilines is 1. The van der Waals surface area contributed by atoms with Crippen molar-refractivity contribution >= 4 is 34.5 Å². The number of nitrogens with one attached hydrogen (secondary N) is 1. The van der Waals surface area contributed by atoms with E-state index in [9.17, 15) is 4.79 Å². The Morgan fingerprint density at radius 1 is 1.14 bits per heavy atom. The van der Waals surface area contributed by atoms with Crippen molar-refractivity contribution in [2.24, 2.45) is 5.92 Å². The van der Waals surface area contributed by atoms with Crippen molar-refractivity contribution < 1.29 is 4.79 Å². The third-order valence-electron chi connectivity index (χ3n) is 7.08. The highest BCUT2D eigenvalue weighted by atomic mass is 35.5. The highest BCUT2D eigenvalue weighted by molar-refractivity contribution is 7.10. The Kier molecular flexibility index (Phi) is 9.36. The van der Waals surface area contributed by atoms with Gasteiger partial charge in [-0.25, -0.2) is 4.98 Å². The van der Waals surface area contributed by atoms with Gasteiger partial charge in [-0.2, -0.15) is 0 Å². The molecule has 1 aliphatic rings. The summed E-state index contributed by atoms with van der Waals surface area (Å²) in [5.74, 6) is 1.11. The molecule has 1 aromatic heterocycles. The molecule has 1 saturated heterocycles. The second-order valence-corrected chi connectivity index (χ2v) is 10.9. The number of thiazole rings is 1. The summed E-state index contributed by atoms with van der Waals surface area (Å²) >= 11 is 7.67. The van der Waals surface area contributed by atoms with E-state index in [0.717, 1.165) is 53.7 Å². The van der Waals surface area contributed by atoms with E-state index in [2.05, 4.69) is 24.1 Å². The SMILES string of the molecule is CCCCC(CC)CN1CCC(c2nc(C(=O)Nc3ccccc3-c3ccc(Cl)cc3)cs2)CC1. The Bertz CT molecular complexity index is 1090. The molecule has 6 heteroatoms. The van der Waals surface area contributed by atoms with Crippen LogP contribution in [0.2, 0.25) is 5.02 Å². The fourth-order valence-corrected chi connectivity index (χ4v) is 5.98. The van der Waals surface area contributed by atoms with E-state index in [1.807, 2.05) is 53.9 Å². The van der Waals surface area contributed by atoms with Gasteiger partial charge in [0, 0.05) is 34.1 Å². The molecule has 1 fully saturated rings. The molecule has 3 aromatic rings. The van der Waals surface area contributed by atoms with Gasteiger partial charge in [-0.05, 0) is 62.0 Å². The maximum Gasteiger partial charge on any atom is 0.275 e. The molecule has 0 spiro atoms. The molecule has 0 saturated carbocycles. The van der Waals surface area contributed by atoms with Crippen molar-refractivity contribution in [3.8, 4) is 11.1 Å². The Labute approximate surface area is 218 Å². The molecule has 1 atom stereocenters. The number of carbonyl (C=O) groups excluding carboxylic acids is 1. The van der Waals surface area contributed by atoms with Crippen molar-refractivity contribution in [2.75, 3.05) is 25.0 Å². The number of nitrogens with zero attached hydrogens (tertiary/aromatic N) is 2. The van der Waals surface area contributed by atoms with Crippen molar-refractivity contribution in [3.63, 3.8) is 0 Å². The number of rotatable bonds is 10. The topological polar surface area (TPSA) is 45.2 Å². The zero-order chi connectivity index (χ0) is 24.6. The molecule has 1 unspecified atom stereocenters. The van der Waals surface area contributed by atoms with Crippen molar-refractivity contribution in [1.29, 1.82) is 0 Å². The van der Waals surface area contributed by atoms with E-state index in [0.29, 0.717) is 16.6 Å². The van der Waals surface area contributed by atoms with Crippen LogP contribution in [-0.2, 0) is 0 Å².